The Bertz CT molecular complexity index is 469. The average Bonchev–Trinajstić information content (AvgIpc) is 2.23. The summed E-state index contributed by atoms with van der Waals surface area (Å²) in [5.74, 6) is -1.64. The van der Waals surface area contributed by atoms with Crippen molar-refractivity contribution in [2.75, 3.05) is 0 Å². The largest absolute Gasteiger partial charge is 0.480 e. The first kappa shape index (κ1) is 14.4. The van der Waals surface area contributed by atoms with E-state index in [0.717, 1.165) is 0 Å². The number of carbonyl (C=O) groups excluding carboxylic acids is 1. The second-order valence-corrected chi connectivity index (χ2v) is 5.34. The molecule has 0 fully saturated rings. The minimum absolute atomic E-state index is 0.0954. The molecular weight excluding hydrogens is 256 g/mol. The summed E-state index contributed by atoms with van der Waals surface area (Å²) < 4.78 is 0. The van der Waals surface area contributed by atoms with E-state index in [1.165, 1.54) is 12.1 Å². The SMILES string of the molecule is CC(C)(C)C(NC(=O)c1cccc(Cl)n1)C(=O)O. The molecule has 1 amide bonds. The number of carboxylic acids is 1. The van der Waals surface area contributed by atoms with Crippen molar-refractivity contribution in [3.63, 3.8) is 0 Å². The molecule has 0 aliphatic carbocycles. The van der Waals surface area contributed by atoms with Crippen LogP contribution in [0.4, 0.5) is 0 Å². The van der Waals surface area contributed by atoms with E-state index < -0.39 is 23.3 Å². The lowest BCUT2D eigenvalue weighted by atomic mass is 9.86. The van der Waals surface area contributed by atoms with Gasteiger partial charge in [-0.1, -0.05) is 38.4 Å². The van der Waals surface area contributed by atoms with Crippen molar-refractivity contribution in [1.82, 2.24) is 10.3 Å². The van der Waals surface area contributed by atoms with Crippen LogP contribution in [-0.2, 0) is 4.79 Å². The third kappa shape index (κ3) is 3.70. The van der Waals surface area contributed by atoms with Crippen LogP contribution in [0.15, 0.2) is 18.2 Å². The number of amides is 1. The van der Waals surface area contributed by atoms with Crippen LogP contribution in [0.5, 0.6) is 0 Å². The van der Waals surface area contributed by atoms with Crippen molar-refractivity contribution in [1.29, 1.82) is 0 Å². The number of halogens is 1. The van der Waals surface area contributed by atoms with E-state index in [1.54, 1.807) is 26.8 Å². The fraction of sp³-hybridized carbons (Fsp3) is 0.417. The third-order valence-electron chi connectivity index (χ3n) is 2.34. The van der Waals surface area contributed by atoms with Gasteiger partial charge in [0.15, 0.2) is 0 Å². The van der Waals surface area contributed by atoms with Crippen LogP contribution >= 0.6 is 11.6 Å². The summed E-state index contributed by atoms with van der Waals surface area (Å²) in [6.45, 7) is 5.20. The summed E-state index contributed by atoms with van der Waals surface area (Å²) in [4.78, 5) is 26.8. The number of nitrogens with one attached hydrogen (secondary N) is 1. The number of aliphatic carboxylic acids is 1. The highest BCUT2D eigenvalue weighted by Gasteiger charge is 2.33. The first-order valence-electron chi connectivity index (χ1n) is 5.38. The zero-order valence-electron chi connectivity index (χ0n) is 10.4. The van der Waals surface area contributed by atoms with Gasteiger partial charge in [-0.05, 0) is 17.5 Å². The number of pyridine rings is 1. The molecule has 1 atom stereocenters. The van der Waals surface area contributed by atoms with E-state index in [9.17, 15) is 9.59 Å². The lowest BCUT2D eigenvalue weighted by molar-refractivity contribution is -0.142. The molecule has 0 radical (unpaired) electrons. The van der Waals surface area contributed by atoms with Crippen molar-refractivity contribution in [3.8, 4) is 0 Å². The van der Waals surface area contributed by atoms with E-state index in [2.05, 4.69) is 10.3 Å². The Kier molecular flexibility index (Phi) is 4.29. The minimum atomic E-state index is -1.09. The number of carbonyl (C=O) groups is 2. The van der Waals surface area contributed by atoms with Crippen molar-refractivity contribution >= 4 is 23.5 Å². The van der Waals surface area contributed by atoms with Crippen molar-refractivity contribution < 1.29 is 14.7 Å². The number of hydrogen-bond acceptors (Lipinski definition) is 3. The molecule has 1 rings (SSSR count). The van der Waals surface area contributed by atoms with Crippen LogP contribution < -0.4 is 5.32 Å². The van der Waals surface area contributed by atoms with Gasteiger partial charge >= 0.3 is 5.97 Å². The van der Waals surface area contributed by atoms with Gasteiger partial charge in [0.1, 0.15) is 16.9 Å². The van der Waals surface area contributed by atoms with Crippen LogP contribution in [-0.4, -0.2) is 28.0 Å². The zero-order valence-corrected chi connectivity index (χ0v) is 11.2. The summed E-state index contributed by atoms with van der Waals surface area (Å²) in [7, 11) is 0. The number of hydrogen-bond donors (Lipinski definition) is 2. The van der Waals surface area contributed by atoms with Gasteiger partial charge in [0.05, 0.1) is 0 Å². The molecule has 0 aliphatic heterocycles. The molecule has 2 N–H and O–H groups in total. The molecule has 1 unspecified atom stereocenters. The number of carboxylic acid groups (broad SMARTS) is 1. The molecule has 0 aliphatic rings. The molecule has 1 aromatic rings. The second kappa shape index (κ2) is 5.35. The summed E-state index contributed by atoms with van der Waals surface area (Å²) in [6, 6.07) is 3.60. The van der Waals surface area contributed by atoms with Gasteiger partial charge in [-0.15, -0.1) is 0 Å². The highest BCUT2D eigenvalue weighted by Crippen LogP contribution is 2.19. The zero-order chi connectivity index (χ0) is 13.9. The van der Waals surface area contributed by atoms with Gasteiger partial charge in [0.25, 0.3) is 5.91 Å². The Labute approximate surface area is 110 Å². The first-order chi connectivity index (χ1) is 8.21. The highest BCUT2D eigenvalue weighted by atomic mass is 35.5. The molecule has 1 aromatic heterocycles. The molecule has 0 aromatic carbocycles. The fourth-order valence-electron chi connectivity index (χ4n) is 1.39. The Morgan fingerprint density at radius 3 is 2.44 bits per heavy atom. The molecular formula is C12H15ClN2O3. The van der Waals surface area contributed by atoms with Gasteiger partial charge in [-0.25, -0.2) is 9.78 Å². The summed E-state index contributed by atoms with van der Waals surface area (Å²) in [6.07, 6.45) is 0. The smallest absolute Gasteiger partial charge is 0.326 e. The van der Waals surface area contributed by atoms with Crippen LogP contribution in [0.3, 0.4) is 0 Å². The monoisotopic (exact) mass is 270 g/mol. The van der Waals surface area contributed by atoms with Crippen LogP contribution in [0.2, 0.25) is 5.15 Å². The van der Waals surface area contributed by atoms with E-state index in [0.29, 0.717) is 0 Å². The predicted molar refractivity (Wildman–Crippen MR) is 67.6 cm³/mol. The van der Waals surface area contributed by atoms with E-state index >= 15 is 0 Å². The van der Waals surface area contributed by atoms with Crippen molar-refractivity contribution in [3.05, 3.63) is 29.0 Å². The lowest BCUT2D eigenvalue weighted by Gasteiger charge is -2.27. The van der Waals surface area contributed by atoms with Gasteiger partial charge in [0.2, 0.25) is 0 Å². The molecule has 5 nitrogen and oxygen atoms in total. The molecule has 98 valence electrons. The molecule has 0 bridgehead atoms. The first-order valence-corrected chi connectivity index (χ1v) is 5.76. The Morgan fingerprint density at radius 1 is 1.39 bits per heavy atom. The van der Waals surface area contributed by atoms with Crippen LogP contribution in [0.1, 0.15) is 31.3 Å². The highest BCUT2D eigenvalue weighted by molar-refractivity contribution is 6.29. The quantitative estimate of drug-likeness (QED) is 0.823. The predicted octanol–water partition coefficient (Wildman–Crippen LogP) is 1.96. The number of aromatic nitrogens is 1. The van der Waals surface area contributed by atoms with E-state index in [1.807, 2.05) is 0 Å². The molecule has 18 heavy (non-hydrogen) atoms. The maximum Gasteiger partial charge on any atom is 0.326 e. The Hall–Kier alpha value is -1.62. The average molecular weight is 271 g/mol. The fourth-order valence-corrected chi connectivity index (χ4v) is 1.55. The maximum atomic E-state index is 11.9. The van der Waals surface area contributed by atoms with Gasteiger partial charge in [-0.2, -0.15) is 0 Å². The third-order valence-corrected chi connectivity index (χ3v) is 2.55. The van der Waals surface area contributed by atoms with Crippen LogP contribution in [0.25, 0.3) is 0 Å². The van der Waals surface area contributed by atoms with Crippen molar-refractivity contribution in [2.24, 2.45) is 5.41 Å². The van der Waals surface area contributed by atoms with Gasteiger partial charge < -0.3 is 10.4 Å². The van der Waals surface area contributed by atoms with Crippen molar-refractivity contribution in [2.45, 2.75) is 26.8 Å². The summed E-state index contributed by atoms with van der Waals surface area (Å²) in [5, 5.41) is 11.7. The molecule has 0 saturated carbocycles. The summed E-state index contributed by atoms with van der Waals surface area (Å²) in [5.41, 5.74) is -0.502. The van der Waals surface area contributed by atoms with Gasteiger partial charge in [0, 0.05) is 0 Å². The molecule has 1 heterocycles. The Balaban J connectivity index is 2.89. The summed E-state index contributed by atoms with van der Waals surface area (Å²) >= 11 is 5.67. The minimum Gasteiger partial charge on any atom is -0.480 e. The molecule has 0 saturated heterocycles. The van der Waals surface area contributed by atoms with Gasteiger partial charge in [-0.3, -0.25) is 4.79 Å². The maximum absolute atomic E-state index is 11.9. The second-order valence-electron chi connectivity index (χ2n) is 4.96. The number of nitrogens with zero attached hydrogens (tertiary/aromatic N) is 1. The lowest BCUT2D eigenvalue weighted by Crippen LogP contribution is -2.49. The number of rotatable bonds is 3. The van der Waals surface area contributed by atoms with E-state index in [-0.39, 0.29) is 10.8 Å². The Morgan fingerprint density at radius 2 is 2.00 bits per heavy atom. The molecule has 6 heteroatoms. The van der Waals surface area contributed by atoms with E-state index in [4.69, 9.17) is 16.7 Å². The standard InChI is InChI=1S/C12H15ClN2O3/c1-12(2,3)9(11(17)18)15-10(16)7-5-4-6-8(13)14-7/h4-6,9H,1-3H3,(H,15,16)(H,17,18). The normalized spacial score (nSPS) is 12.9. The topological polar surface area (TPSA) is 79.3 Å². The van der Waals surface area contributed by atoms with Crippen LogP contribution in [0, 0.1) is 5.41 Å². The molecule has 0 spiro atoms.